The van der Waals surface area contributed by atoms with Crippen LogP contribution in [0.5, 0.6) is 0 Å². The molecule has 1 unspecified atom stereocenters. The molecule has 2 N–H and O–H groups in total. The van der Waals surface area contributed by atoms with Crippen molar-refractivity contribution in [3.05, 3.63) is 29.8 Å². The van der Waals surface area contributed by atoms with Gasteiger partial charge in [0.25, 0.3) is 0 Å². The molecular formula is C11H11N3O3S. The fourth-order valence-corrected chi connectivity index (χ4v) is 2.99. The standard InChI is InChI=1S/C11H11N3O3S/c12-6-8-2-1-3-10(4-8)18(16,17)14-9-5-11(15)13-7-9/h1-4,9,14H,5,7H2,(H,13,15). The van der Waals surface area contributed by atoms with Crippen LogP contribution in [-0.4, -0.2) is 26.9 Å². The zero-order valence-corrected chi connectivity index (χ0v) is 10.2. The maximum absolute atomic E-state index is 12.0. The zero-order valence-electron chi connectivity index (χ0n) is 9.38. The molecule has 0 aliphatic carbocycles. The number of carbonyl (C=O) groups is 1. The third kappa shape index (κ3) is 2.67. The minimum absolute atomic E-state index is 0.0286. The first-order valence-electron chi connectivity index (χ1n) is 5.30. The fourth-order valence-electron chi connectivity index (χ4n) is 1.71. The van der Waals surface area contributed by atoms with Crippen molar-refractivity contribution in [3.8, 4) is 6.07 Å². The second kappa shape index (κ2) is 4.76. The maximum Gasteiger partial charge on any atom is 0.240 e. The second-order valence-electron chi connectivity index (χ2n) is 3.97. The Kier molecular flexibility index (Phi) is 3.32. The van der Waals surface area contributed by atoms with Gasteiger partial charge in [0.1, 0.15) is 0 Å². The molecule has 0 radical (unpaired) electrons. The van der Waals surface area contributed by atoms with Gasteiger partial charge >= 0.3 is 0 Å². The maximum atomic E-state index is 12.0. The summed E-state index contributed by atoms with van der Waals surface area (Å²) in [7, 11) is -3.69. The minimum Gasteiger partial charge on any atom is -0.354 e. The van der Waals surface area contributed by atoms with Crippen molar-refractivity contribution >= 4 is 15.9 Å². The normalized spacial score (nSPS) is 19.3. The van der Waals surface area contributed by atoms with E-state index in [9.17, 15) is 13.2 Å². The van der Waals surface area contributed by atoms with E-state index in [1.54, 1.807) is 0 Å². The summed E-state index contributed by atoms with van der Waals surface area (Å²) in [5.41, 5.74) is 0.276. The molecule has 1 atom stereocenters. The fraction of sp³-hybridized carbons (Fsp3) is 0.273. The van der Waals surface area contributed by atoms with Crippen LogP contribution in [-0.2, 0) is 14.8 Å². The molecule has 1 aromatic rings. The van der Waals surface area contributed by atoms with Crippen LogP contribution in [0.1, 0.15) is 12.0 Å². The SMILES string of the molecule is N#Cc1cccc(S(=O)(=O)NC2CNC(=O)C2)c1. The number of benzene rings is 1. The van der Waals surface area contributed by atoms with Gasteiger partial charge in [-0.3, -0.25) is 4.79 Å². The Labute approximate surface area is 105 Å². The lowest BCUT2D eigenvalue weighted by atomic mass is 10.2. The van der Waals surface area contributed by atoms with Crippen LogP contribution in [0.3, 0.4) is 0 Å². The van der Waals surface area contributed by atoms with Crippen molar-refractivity contribution in [2.75, 3.05) is 6.54 Å². The first-order chi connectivity index (χ1) is 8.51. The van der Waals surface area contributed by atoms with Gasteiger partial charge < -0.3 is 5.32 Å². The van der Waals surface area contributed by atoms with Crippen LogP contribution >= 0.6 is 0 Å². The Hall–Kier alpha value is -1.91. The summed E-state index contributed by atoms with van der Waals surface area (Å²) in [6.45, 7) is 0.288. The van der Waals surface area contributed by atoms with Gasteiger partial charge in [0.2, 0.25) is 15.9 Å². The smallest absolute Gasteiger partial charge is 0.240 e. The predicted octanol–water partition coefficient (Wildman–Crippen LogP) is -0.275. The number of carbonyl (C=O) groups excluding carboxylic acids is 1. The first kappa shape index (κ1) is 12.5. The van der Waals surface area contributed by atoms with E-state index in [2.05, 4.69) is 10.0 Å². The largest absolute Gasteiger partial charge is 0.354 e. The van der Waals surface area contributed by atoms with E-state index < -0.39 is 16.1 Å². The number of hydrogen-bond acceptors (Lipinski definition) is 4. The predicted molar refractivity (Wildman–Crippen MR) is 62.9 cm³/mol. The Balaban J connectivity index is 2.20. The van der Waals surface area contributed by atoms with Gasteiger partial charge in [-0.25, -0.2) is 13.1 Å². The highest BCUT2D eigenvalue weighted by Crippen LogP contribution is 2.12. The van der Waals surface area contributed by atoms with Crippen LogP contribution < -0.4 is 10.0 Å². The highest BCUT2D eigenvalue weighted by Gasteiger charge is 2.26. The van der Waals surface area contributed by atoms with Crippen molar-refractivity contribution in [1.82, 2.24) is 10.0 Å². The van der Waals surface area contributed by atoms with Crippen LogP contribution in [0, 0.1) is 11.3 Å². The number of amides is 1. The monoisotopic (exact) mass is 265 g/mol. The van der Waals surface area contributed by atoms with Crippen LogP contribution in [0.2, 0.25) is 0 Å². The summed E-state index contributed by atoms with van der Waals surface area (Å²) < 4.78 is 26.4. The minimum atomic E-state index is -3.69. The summed E-state index contributed by atoms with van der Waals surface area (Å²) in [5, 5.41) is 11.3. The lowest BCUT2D eigenvalue weighted by Crippen LogP contribution is -2.36. The molecule has 1 aromatic carbocycles. The van der Waals surface area contributed by atoms with Gasteiger partial charge in [0.15, 0.2) is 0 Å². The van der Waals surface area contributed by atoms with E-state index >= 15 is 0 Å². The Morgan fingerprint density at radius 2 is 2.22 bits per heavy atom. The molecule has 94 valence electrons. The summed E-state index contributed by atoms with van der Waals surface area (Å²) >= 11 is 0. The van der Waals surface area contributed by atoms with Crippen molar-refractivity contribution < 1.29 is 13.2 Å². The molecule has 1 aliphatic heterocycles. The van der Waals surface area contributed by atoms with Gasteiger partial charge in [-0.2, -0.15) is 5.26 Å². The summed E-state index contributed by atoms with van der Waals surface area (Å²) in [5.74, 6) is -0.173. The number of nitrogens with zero attached hydrogens (tertiary/aromatic N) is 1. The Morgan fingerprint density at radius 3 is 2.83 bits per heavy atom. The van der Waals surface area contributed by atoms with Gasteiger partial charge in [-0.1, -0.05) is 6.07 Å². The molecule has 1 amide bonds. The molecule has 1 fully saturated rings. The zero-order chi connectivity index (χ0) is 13.2. The second-order valence-corrected chi connectivity index (χ2v) is 5.68. The average molecular weight is 265 g/mol. The van der Waals surface area contributed by atoms with E-state index in [4.69, 9.17) is 5.26 Å². The molecule has 18 heavy (non-hydrogen) atoms. The van der Waals surface area contributed by atoms with E-state index in [0.717, 1.165) is 0 Å². The van der Waals surface area contributed by atoms with Gasteiger partial charge in [-0.05, 0) is 18.2 Å². The molecule has 7 heteroatoms. The van der Waals surface area contributed by atoms with Crippen LogP contribution in [0.4, 0.5) is 0 Å². The molecule has 6 nitrogen and oxygen atoms in total. The topological polar surface area (TPSA) is 99.1 Å². The molecule has 1 saturated heterocycles. The number of nitriles is 1. The lowest BCUT2D eigenvalue weighted by molar-refractivity contribution is -0.119. The van der Waals surface area contributed by atoms with Gasteiger partial charge in [0.05, 0.1) is 16.5 Å². The highest BCUT2D eigenvalue weighted by atomic mass is 32.2. The van der Waals surface area contributed by atoms with E-state index in [-0.39, 0.29) is 29.3 Å². The number of rotatable bonds is 3. The average Bonchev–Trinajstić information content (AvgIpc) is 2.74. The van der Waals surface area contributed by atoms with Crippen molar-refractivity contribution in [2.45, 2.75) is 17.4 Å². The van der Waals surface area contributed by atoms with Crippen LogP contribution in [0.15, 0.2) is 29.2 Å². The van der Waals surface area contributed by atoms with Crippen molar-refractivity contribution in [3.63, 3.8) is 0 Å². The van der Waals surface area contributed by atoms with E-state index in [0.29, 0.717) is 0 Å². The Morgan fingerprint density at radius 1 is 1.44 bits per heavy atom. The van der Waals surface area contributed by atoms with Crippen molar-refractivity contribution in [1.29, 1.82) is 5.26 Å². The van der Waals surface area contributed by atoms with E-state index in [1.165, 1.54) is 24.3 Å². The van der Waals surface area contributed by atoms with Crippen molar-refractivity contribution in [2.24, 2.45) is 0 Å². The summed E-state index contributed by atoms with van der Waals surface area (Å²) in [6, 6.07) is 7.19. The lowest BCUT2D eigenvalue weighted by Gasteiger charge is -2.11. The van der Waals surface area contributed by atoms with Gasteiger partial charge in [-0.15, -0.1) is 0 Å². The summed E-state index contributed by atoms with van der Waals surface area (Å²) in [6.07, 6.45) is 0.136. The quantitative estimate of drug-likeness (QED) is 0.785. The molecule has 1 aliphatic rings. The molecule has 1 heterocycles. The highest BCUT2D eigenvalue weighted by molar-refractivity contribution is 7.89. The molecule has 0 aromatic heterocycles. The van der Waals surface area contributed by atoms with Crippen LogP contribution in [0.25, 0.3) is 0 Å². The molecular weight excluding hydrogens is 254 g/mol. The Bertz CT molecular complexity index is 619. The molecule has 0 saturated carbocycles. The number of sulfonamides is 1. The third-order valence-corrected chi connectivity index (χ3v) is 4.09. The first-order valence-corrected chi connectivity index (χ1v) is 6.79. The number of hydrogen-bond donors (Lipinski definition) is 2. The van der Waals surface area contributed by atoms with E-state index in [1.807, 2.05) is 6.07 Å². The molecule has 2 rings (SSSR count). The number of nitrogens with one attached hydrogen (secondary N) is 2. The summed E-state index contributed by atoms with van der Waals surface area (Å²) in [4.78, 5) is 11.0. The molecule has 0 bridgehead atoms. The third-order valence-electron chi connectivity index (χ3n) is 2.57. The van der Waals surface area contributed by atoms with Gasteiger partial charge in [0, 0.05) is 19.0 Å². The molecule has 0 spiro atoms.